The molecular weight excluding hydrogens is 164 g/mol. The van der Waals surface area contributed by atoms with Crippen LogP contribution in [0.25, 0.3) is 0 Å². The molecule has 1 rings (SSSR count). The van der Waals surface area contributed by atoms with Crippen molar-refractivity contribution in [2.45, 2.75) is 19.3 Å². The standard InChI is InChI=1S/C10H14N2O/c1-8(2-4-11)10-6-9(7-13)3-5-12-10/h3,5-8H,2,4,11H2,1H3. The van der Waals surface area contributed by atoms with Crippen LogP contribution in [0.4, 0.5) is 0 Å². The molecule has 0 aromatic carbocycles. The summed E-state index contributed by atoms with van der Waals surface area (Å²) >= 11 is 0. The molecule has 1 heterocycles. The Morgan fingerprint density at radius 3 is 3.08 bits per heavy atom. The van der Waals surface area contributed by atoms with E-state index in [0.29, 0.717) is 18.0 Å². The fourth-order valence-electron chi connectivity index (χ4n) is 1.21. The van der Waals surface area contributed by atoms with Gasteiger partial charge in [0, 0.05) is 17.5 Å². The Kier molecular flexibility index (Phi) is 3.58. The fraction of sp³-hybridized carbons (Fsp3) is 0.400. The fourth-order valence-corrected chi connectivity index (χ4v) is 1.21. The highest BCUT2D eigenvalue weighted by Crippen LogP contribution is 2.15. The third kappa shape index (κ3) is 2.63. The molecule has 1 aromatic heterocycles. The molecule has 0 radical (unpaired) electrons. The summed E-state index contributed by atoms with van der Waals surface area (Å²) in [6, 6.07) is 3.51. The van der Waals surface area contributed by atoms with Crippen LogP contribution in [-0.4, -0.2) is 17.8 Å². The summed E-state index contributed by atoms with van der Waals surface area (Å²) in [4.78, 5) is 14.7. The second-order valence-electron chi connectivity index (χ2n) is 3.11. The smallest absolute Gasteiger partial charge is 0.150 e. The third-order valence-electron chi connectivity index (χ3n) is 2.05. The highest BCUT2D eigenvalue weighted by Gasteiger charge is 2.05. The number of aldehydes is 1. The molecule has 3 nitrogen and oxygen atoms in total. The second-order valence-corrected chi connectivity index (χ2v) is 3.11. The van der Waals surface area contributed by atoms with Gasteiger partial charge >= 0.3 is 0 Å². The van der Waals surface area contributed by atoms with Crippen molar-refractivity contribution in [1.82, 2.24) is 4.98 Å². The first-order valence-corrected chi connectivity index (χ1v) is 4.39. The van der Waals surface area contributed by atoms with Crippen molar-refractivity contribution in [2.24, 2.45) is 5.73 Å². The molecule has 0 saturated heterocycles. The van der Waals surface area contributed by atoms with Crippen molar-refractivity contribution in [2.75, 3.05) is 6.54 Å². The monoisotopic (exact) mass is 178 g/mol. The van der Waals surface area contributed by atoms with Crippen LogP contribution in [0.3, 0.4) is 0 Å². The van der Waals surface area contributed by atoms with Crippen LogP contribution in [0.1, 0.15) is 35.3 Å². The lowest BCUT2D eigenvalue weighted by atomic mass is 10.0. The Morgan fingerprint density at radius 1 is 1.69 bits per heavy atom. The normalized spacial score (nSPS) is 12.5. The van der Waals surface area contributed by atoms with Gasteiger partial charge in [-0.25, -0.2) is 0 Å². The zero-order valence-corrected chi connectivity index (χ0v) is 7.73. The number of nitrogens with two attached hydrogens (primary N) is 1. The average molecular weight is 178 g/mol. The number of pyridine rings is 1. The van der Waals surface area contributed by atoms with Crippen molar-refractivity contribution in [3.63, 3.8) is 0 Å². The minimum Gasteiger partial charge on any atom is -0.330 e. The molecule has 0 aliphatic carbocycles. The maximum atomic E-state index is 10.5. The van der Waals surface area contributed by atoms with Crippen LogP contribution < -0.4 is 5.73 Å². The van der Waals surface area contributed by atoms with Gasteiger partial charge in [-0.1, -0.05) is 6.92 Å². The summed E-state index contributed by atoms with van der Waals surface area (Å²) in [7, 11) is 0. The van der Waals surface area contributed by atoms with Gasteiger partial charge in [-0.2, -0.15) is 0 Å². The topological polar surface area (TPSA) is 56.0 Å². The quantitative estimate of drug-likeness (QED) is 0.708. The van der Waals surface area contributed by atoms with E-state index in [2.05, 4.69) is 11.9 Å². The lowest BCUT2D eigenvalue weighted by molar-refractivity contribution is 0.112. The summed E-state index contributed by atoms with van der Waals surface area (Å²) in [5, 5.41) is 0. The Hall–Kier alpha value is -1.22. The Morgan fingerprint density at radius 2 is 2.46 bits per heavy atom. The molecule has 1 atom stereocenters. The Bertz CT molecular complexity index is 286. The lowest BCUT2D eigenvalue weighted by Gasteiger charge is -2.08. The molecule has 0 bridgehead atoms. The van der Waals surface area contributed by atoms with Crippen LogP contribution in [0, 0.1) is 0 Å². The van der Waals surface area contributed by atoms with Gasteiger partial charge in [0.25, 0.3) is 0 Å². The number of hydrogen-bond acceptors (Lipinski definition) is 3. The van der Waals surface area contributed by atoms with E-state index in [4.69, 9.17) is 5.73 Å². The largest absolute Gasteiger partial charge is 0.330 e. The molecule has 0 saturated carbocycles. The van der Waals surface area contributed by atoms with E-state index >= 15 is 0 Å². The molecular formula is C10H14N2O. The Balaban J connectivity index is 2.81. The van der Waals surface area contributed by atoms with Gasteiger partial charge in [-0.15, -0.1) is 0 Å². The minimum absolute atomic E-state index is 0.324. The van der Waals surface area contributed by atoms with E-state index in [-0.39, 0.29) is 0 Å². The van der Waals surface area contributed by atoms with Crippen LogP contribution in [0.2, 0.25) is 0 Å². The Labute approximate surface area is 78.0 Å². The zero-order valence-electron chi connectivity index (χ0n) is 7.73. The highest BCUT2D eigenvalue weighted by atomic mass is 16.1. The molecule has 0 fully saturated rings. The van der Waals surface area contributed by atoms with Crippen LogP contribution in [0.15, 0.2) is 18.3 Å². The van der Waals surface area contributed by atoms with Gasteiger partial charge in [0.1, 0.15) is 6.29 Å². The molecule has 2 N–H and O–H groups in total. The third-order valence-corrected chi connectivity index (χ3v) is 2.05. The van der Waals surface area contributed by atoms with Gasteiger partial charge < -0.3 is 5.73 Å². The number of aromatic nitrogens is 1. The zero-order chi connectivity index (χ0) is 9.68. The molecule has 0 aliphatic rings. The predicted molar refractivity (Wildman–Crippen MR) is 51.7 cm³/mol. The molecule has 1 unspecified atom stereocenters. The van der Waals surface area contributed by atoms with Gasteiger partial charge in [-0.3, -0.25) is 9.78 Å². The summed E-state index contributed by atoms with van der Waals surface area (Å²) < 4.78 is 0. The molecule has 0 spiro atoms. The van der Waals surface area contributed by atoms with E-state index in [0.717, 1.165) is 18.4 Å². The van der Waals surface area contributed by atoms with E-state index in [1.165, 1.54) is 0 Å². The van der Waals surface area contributed by atoms with Crippen molar-refractivity contribution in [3.05, 3.63) is 29.6 Å². The summed E-state index contributed by atoms with van der Waals surface area (Å²) in [6.45, 7) is 2.71. The molecule has 0 amide bonds. The average Bonchev–Trinajstić information content (AvgIpc) is 2.18. The predicted octanol–water partition coefficient (Wildman–Crippen LogP) is 1.35. The van der Waals surface area contributed by atoms with E-state index in [1.807, 2.05) is 6.07 Å². The maximum Gasteiger partial charge on any atom is 0.150 e. The molecule has 3 heteroatoms. The highest BCUT2D eigenvalue weighted by molar-refractivity contribution is 5.74. The first-order chi connectivity index (χ1) is 6.27. The van der Waals surface area contributed by atoms with Crippen LogP contribution in [0.5, 0.6) is 0 Å². The van der Waals surface area contributed by atoms with E-state index < -0.39 is 0 Å². The number of carbonyl (C=O) groups is 1. The lowest BCUT2D eigenvalue weighted by Crippen LogP contribution is -2.06. The van der Waals surface area contributed by atoms with Crippen molar-refractivity contribution >= 4 is 6.29 Å². The van der Waals surface area contributed by atoms with Gasteiger partial charge in [-0.05, 0) is 31.0 Å². The first-order valence-electron chi connectivity index (χ1n) is 4.39. The van der Waals surface area contributed by atoms with Crippen molar-refractivity contribution in [3.8, 4) is 0 Å². The van der Waals surface area contributed by atoms with Gasteiger partial charge in [0.2, 0.25) is 0 Å². The van der Waals surface area contributed by atoms with Crippen molar-refractivity contribution in [1.29, 1.82) is 0 Å². The van der Waals surface area contributed by atoms with Gasteiger partial charge in [0.15, 0.2) is 0 Å². The van der Waals surface area contributed by atoms with Crippen LogP contribution in [-0.2, 0) is 0 Å². The second kappa shape index (κ2) is 4.72. The first kappa shape index (κ1) is 9.86. The van der Waals surface area contributed by atoms with Crippen LogP contribution >= 0.6 is 0 Å². The number of rotatable bonds is 4. The number of carbonyl (C=O) groups excluding carboxylic acids is 1. The van der Waals surface area contributed by atoms with Gasteiger partial charge in [0.05, 0.1) is 0 Å². The number of hydrogen-bond donors (Lipinski definition) is 1. The molecule has 1 aromatic rings. The number of nitrogens with zero attached hydrogens (tertiary/aromatic N) is 1. The summed E-state index contributed by atoms with van der Waals surface area (Å²) in [5.41, 5.74) is 7.05. The van der Waals surface area contributed by atoms with E-state index in [9.17, 15) is 4.79 Å². The summed E-state index contributed by atoms with van der Waals surface area (Å²) in [5.74, 6) is 0.324. The maximum absolute atomic E-state index is 10.5. The van der Waals surface area contributed by atoms with Crippen molar-refractivity contribution < 1.29 is 4.79 Å². The molecule has 0 aliphatic heterocycles. The molecule has 13 heavy (non-hydrogen) atoms. The minimum atomic E-state index is 0.324. The SMILES string of the molecule is CC(CCN)c1cc(C=O)ccn1. The summed E-state index contributed by atoms with van der Waals surface area (Å²) in [6.07, 6.45) is 3.39. The van der Waals surface area contributed by atoms with E-state index in [1.54, 1.807) is 12.3 Å². The molecule has 70 valence electrons.